The maximum absolute atomic E-state index is 13.8. The lowest BCUT2D eigenvalue weighted by Gasteiger charge is -2.44. The highest BCUT2D eigenvalue weighted by Gasteiger charge is 2.47. The fourth-order valence-corrected chi connectivity index (χ4v) is 4.65. The molecule has 1 aromatic heterocycles. The topological polar surface area (TPSA) is 101 Å². The van der Waals surface area contributed by atoms with Crippen LogP contribution in [0.2, 0.25) is 0 Å². The third-order valence-corrected chi connectivity index (χ3v) is 6.16. The van der Waals surface area contributed by atoms with E-state index in [1.165, 1.54) is 16.8 Å². The molecule has 8 nitrogen and oxygen atoms in total. The van der Waals surface area contributed by atoms with E-state index in [1.807, 2.05) is 0 Å². The zero-order valence-corrected chi connectivity index (χ0v) is 16.3. The Morgan fingerprint density at radius 1 is 1.26 bits per heavy atom. The number of hydrogen-bond acceptors (Lipinski definition) is 5. The zero-order valence-electron chi connectivity index (χ0n) is 16.3. The fourth-order valence-electron chi connectivity index (χ4n) is 4.65. The van der Waals surface area contributed by atoms with Gasteiger partial charge >= 0.3 is 0 Å². The van der Waals surface area contributed by atoms with Crippen molar-refractivity contribution in [3.05, 3.63) is 63.1 Å². The Balaban J connectivity index is 1.43. The number of halogens is 2. The van der Waals surface area contributed by atoms with Crippen molar-refractivity contribution < 1.29 is 28.2 Å². The summed E-state index contributed by atoms with van der Waals surface area (Å²) in [6, 6.07) is 2.94. The smallest absolute Gasteiger partial charge is 0.276 e. The molecule has 0 unspecified atom stereocenters. The van der Waals surface area contributed by atoms with Crippen LogP contribution >= 0.6 is 0 Å². The molecule has 1 saturated carbocycles. The van der Waals surface area contributed by atoms with Crippen molar-refractivity contribution in [3.8, 4) is 5.75 Å². The van der Waals surface area contributed by atoms with E-state index in [-0.39, 0.29) is 42.1 Å². The first-order valence-corrected chi connectivity index (χ1v) is 10.00. The summed E-state index contributed by atoms with van der Waals surface area (Å²) >= 11 is 0. The number of rotatable bonds is 3. The lowest BCUT2D eigenvalue weighted by atomic mass is 10.1. The highest BCUT2D eigenvalue weighted by Crippen LogP contribution is 2.38. The molecule has 1 saturated heterocycles. The number of carbonyl (C=O) groups excluding carboxylic acids is 2. The summed E-state index contributed by atoms with van der Waals surface area (Å²) < 4.78 is 34.1. The van der Waals surface area contributed by atoms with Gasteiger partial charge in [0.15, 0.2) is 17.7 Å². The Morgan fingerprint density at radius 3 is 2.84 bits per heavy atom. The average molecular weight is 431 g/mol. The van der Waals surface area contributed by atoms with Gasteiger partial charge in [0, 0.05) is 30.4 Å². The highest BCUT2D eigenvalue weighted by atomic mass is 19.1. The number of ether oxygens (including phenoxy) is 1. The molecule has 162 valence electrons. The predicted molar refractivity (Wildman–Crippen MR) is 102 cm³/mol. The highest BCUT2D eigenvalue weighted by molar-refractivity contribution is 5.99. The minimum atomic E-state index is -0.989. The van der Waals surface area contributed by atoms with E-state index >= 15 is 0 Å². The van der Waals surface area contributed by atoms with Gasteiger partial charge in [0.05, 0.1) is 12.6 Å². The van der Waals surface area contributed by atoms with E-state index in [1.54, 1.807) is 4.90 Å². The first-order chi connectivity index (χ1) is 14.8. The number of pyridine rings is 1. The van der Waals surface area contributed by atoms with Crippen molar-refractivity contribution in [2.75, 3.05) is 0 Å². The summed E-state index contributed by atoms with van der Waals surface area (Å²) in [7, 11) is 0. The third-order valence-electron chi connectivity index (χ3n) is 6.16. The average Bonchev–Trinajstić information content (AvgIpc) is 3.10. The Bertz CT molecular complexity index is 1160. The molecule has 1 aromatic carbocycles. The first kappa shape index (κ1) is 19.7. The Morgan fingerprint density at radius 2 is 2.06 bits per heavy atom. The molecule has 2 fully saturated rings. The van der Waals surface area contributed by atoms with Gasteiger partial charge in [-0.05, 0) is 25.3 Å². The second-order valence-electron chi connectivity index (χ2n) is 8.03. The normalized spacial score (nSPS) is 24.0. The number of benzene rings is 1. The predicted octanol–water partition coefficient (Wildman–Crippen LogP) is 1.50. The molecule has 31 heavy (non-hydrogen) atoms. The Hall–Kier alpha value is -3.27. The summed E-state index contributed by atoms with van der Waals surface area (Å²) in [6.45, 7) is -0.108. The number of nitrogens with zero attached hydrogens (tertiary/aromatic N) is 2. The molecule has 2 N–H and O–H groups in total. The first-order valence-electron chi connectivity index (χ1n) is 10.00. The van der Waals surface area contributed by atoms with Gasteiger partial charge in [-0.1, -0.05) is 6.07 Å². The molecule has 2 bridgehead atoms. The van der Waals surface area contributed by atoms with E-state index in [2.05, 4.69) is 5.32 Å². The largest absolute Gasteiger partial charge is 0.503 e. The molecule has 3 atom stereocenters. The van der Waals surface area contributed by atoms with Gasteiger partial charge in [-0.3, -0.25) is 14.4 Å². The summed E-state index contributed by atoms with van der Waals surface area (Å²) in [5.41, 5.74) is -1.51. The molecule has 3 heterocycles. The molecule has 2 amide bonds. The second-order valence-corrected chi connectivity index (χ2v) is 8.03. The van der Waals surface area contributed by atoms with Crippen LogP contribution in [0.5, 0.6) is 5.75 Å². The van der Waals surface area contributed by atoms with Crippen LogP contribution in [0.1, 0.15) is 45.7 Å². The van der Waals surface area contributed by atoms with Crippen LogP contribution in [0.25, 0.3) is 0 Å². The quantitative estimate of drug-likeness (QED) is 0.767. The van der Waals surface area contributed by atoms with Crippen LogP contribution in [0.15, 0.2) is 29.2 Å². The molecule has 2 aromatic rings. The summed E-state index contributed by atoms with van der Waals surface area (Å²) in [4.78, 5) is 39.8. The van der Waals surface area contributed by atoms with E-state index in [0.717, 1.165) is 25.3 Å². The second kappa shape index (κ2) is 7.16. The van der Waals surface area contributed by atoms with Crippen LogP contribution in [0, 0.1) is 11.6 Å². The number of amides is 2. The molecule has 2 aliphatic heterocycles. The van der Waals surface area contributed by atoms with Crippen molar-refractivity contribution in [3.63, 3.8) is 0 Å². The van der Waals surface area contributed by atoms with Crippen molar-refractivity contribution in [2.45, 2.75) is 50.7 Å². The molecular formula is C21H19F2N3O5. The number of hydrogen-bond donors (Lipinski definition) is 2. The molecule has 5 rings (SSSR count). The maximum atomic E-state index is 13.8. The van der Waals surface area contributed by atoms with Gasteiger partial charge in [0.25, 0.3) is 11.8 Å². The fraction of sp³-hybridized carbons (Fsp3) is 0.381. The standard InChI is InChI=1S/C21H19F2N3O5/c22-11-2-1-10(15(23)5-11)7-24-20(29)14-8-25-9-16-26(12-3-4-13(6-12)31-16)21(30)17(25)19(28)18(14)27/h1-2,5,8,12-13,16,28H,3-4,6-7,9H2,(H,24,29)/t12-,13+,16+/m0/s1. The van der Waals surface area contributed by atoms with E-state index < -0.39 is 40.9 Å². The number of fused-ring (bicyclic) bond motifs is 5. The van der Waals surface area contributed by atoms with Gasteiger partial charge in [-0.2, -0.15) is 0 Å². The minimum absolute atomic E-state index is 0.00748. The van der Waals surface area contributed by atoms with Crippen LogP contribution in [0.4, 0.5) is 8.78 Å². The number of aromatic nitrogens is 1. The van der Waals surface area contributed by atoms with Crippen LogP contribution in [-0.2, 0) is 17.8 Å². The zero-order chi connectivity index (χ0) is 21.9. The van der Waals surface area contributed by atoms with Crippen LogP contribution < -0.4 is 10.7 Å². The Kier molecular flexibility index (Phi) is 4.54. The van der Waals surface area contributed by atoms with Gasteiger partial charge in [-0.15, -0.1) is 0 Å². The molecular weight excluding hydrogens is 412 g/mol. The molecule has 10 heteroatoms. The van der Waals surface area contributed by atoms with Crippen LogP contribution in [0.3, 0.4) is 0 Å². The van der Waals surface area contributed by atoms with Gasteiger partial charge in [0.1, 0.15) is 17.2 Å². The third kappa shape index (κ3) is 3.18. The molecule has 3 aliphatic rings. The molecule has 0 spiro atoms. The maximum Gasteiger partial charge on any atom is 0.276 e. The monoisotopic (exact) mass is 431 g/mol. The Labute approximate surface area is 175 Å². The van der Waals surface area contributed by atoms with Crippen molar-refractivity contribution in [1.29, 1.82) is 0 Å². The SMILES string of the molecule is O=C(NCc1ccc(F)cc1F)c1cn2c(c(O)c1=O)C(=O)N1[C@H]3CC[C@H](C3)O[C@@H]1C2. The summed E-state index contributed by atoms with van der Waals surface area (Å²) in [5, 5.41) is 12.8. The van der Waals surface area contributed by atoms with Gasteiger partial charge < -0.3 is 24.6 Å². The summed E-state index contributed by atoms with van der Waals surface area (Å²) in [5.74, 6) is -3.73. The van der Waals surface area contributed by atoms with Gasteiger partial charge in [0.2, 0.25) is 5.43 Å². The van der Waals surface area contributed by atoms with Crippen molar-refractivity contribution >= 4 is 11.8 Å². The van der Waals surface area contributed by atoms with Crippen molar-refractivity contribution in [1.82, 2.24) is 14.8 Å². The summed E-state index contributed by atoms with van der Waals surface area (Å²) in [6.07, 6.45) is 3.13. The van der Waals surface area contributed by atoms with Gasteiger partial charge in [-0.25, -0.2) is 8.78 Å². The van der Waals surface area contributed by atoms with Crippen LogP contribution in [-0.4, -0.2) is 44.8 Å². The van der Waals surface area contributed by atoms with Crippen molar-refractivity contribution in [2.24, 2.45) is 0 Å². The lowest BCUT2D eigenvalue weighted by molar-refractivity contribution is -0.132. The molecule has 1 aliphatic carbocycles. The van der Waals surface area contributed by atoms with E-state index in [9.17, 15) is 28.3 Å². The number of carbonyl (C=O) groups is 2. The van der Waals surface area contributed by atoms with E-state index in [0.29, 0.717) is 6.07 Å². The molecule has 0 radical (unpaired) electrons. The lowest BCUT2D eigenvalue weighted by Crippen LogP contribution is -2.57. The number of nitrogens with one attached hydrogen (secondary N) is 1. The minimum Gasteiger partial charge on any atom is -0.503 e. The van der Waals surface area contributed by atoms with E-state index in [4.69, 9.17) is 4.74 Å². The number of aromatic hydroxyl groups is 1.